The number of urea groups is 1. The number of rotatable bonds is 8. The Balaban J connectivity index is 1.73. The molecule has 1 atom stereocenters. The molecule has 0 heterocycles. The van der Waals surface area contributed by atoms with Crippen molar-refractivity contribution >= 4 is 46.8 Å². The van der Waals surface area contributed by atoms with Gasteiger partial charge in [-0.15, -0.1) is 0 Å². The van der Waals surface area contributed by atoms with Gasteiger partial charge in [-0.1, -0.05) is 56.1 Å². The molecule has 10 heteroatoms. The van der Waals surface area contributed by atoms with E-state index in [0.717, 1.165) is 31.2 Å². The molecule has 0 aliphatic heterocycles. The van der Waals surface area contributed by atoms with Gasteiger partial charge in [0.25, 0.3) is 5.91 Å². The lowest BCUT2D eigenvalue weighted by molar-refractivity contribution is -0.146. The fourth-order valence-electron chi connectivity index (χ4n) is 4.73. The first-order valence-electron chi connectivity index (χ1n) is 12.7. The second kappa shape index (κ2) is 12.8. The molecule has 0 saturated heterocycles. The first-order valence-corrected chi connectivity index (χ1v) is 13.4. The van der Waals surface area contributed by atoms with Gasteiger partial charge < -0.3 is 25.7 Å². The van der Waals surface area contributed by atoms with Crippen LogP contribution in [0.3, 0.4) is 0 Å². The second-order valence-corrected chi connectivity index (χ2v) is 11.6. The van der Waals surface area contributed by atoms with Gasteiger partial charge in [0.15, 0.2) is 6.10 Å². The number of carboxylic acid groups (broad SMARTS) is 1. The number of carboxylic acids is 1. The zero-order chi connectivity index (χ0) is 28.0. The topological polar surface area (TPSA) is 119 Å². The molecule has 2 aromatic carbocycles. The monoisotopic (exact) mass is 563 g/mol. The minimum absolute atomic E-state index is 0.0526. The van der Waals surface area contributed by atoms with Gasteiger partial charge in [0.2, 0.25) is 0 Å². The Hall–Kier alpha value is -2.81. The number of amides is 3. The van der Waals surface area contributed by atoms with E-state index >= 15 is 0 Å². The first kappa shape index (κ1) is 29.7. The molecule has 1 fully saturated rings. The van der Waals surface area contributed by atoms with Gasteiger partial charge in [-0.05, 0) is 72.9 Å². The Labute approximate surface area is 233 Å². The van der Waals surface area contributed by atoms with Crippen LogP contribution in [0.15, 0.2) is 42.5 Å². The summed E-state index contributed by atoms with van der Waals surface area (Å²) in [5.41, 5.74) is 1.93. The first-order chi connectivity index (χ1) is 17.8. The molecule has 3 amide bonds. The number of nitrogens with zero attached hydrogens (tertiary/aromatic N) is 1. The van der Waals surface area contributed by atoms with Crippen LogP contribution < -0.4 is 10.6 Å². The molecular weight excluding hydrogens is 529 g/mol. The second-order valence-electron chi connectivity index (χ2n) is 10.8. The predicted molar refractivity (Wildman–Crippen MR) is 149 cm³/mol. The number of aliphatic hydroxyl groups excluding tert-OH is 1. The van der Waals surface area contributed by atoms with Gasteiger partial charge in [0, 0.05) is 23.8 Å². The minimum Gasteiger partial charge on any atom is -0.479 e. The molecule has 0 spiro atoms. The number of hydrogen-bond donors (Lipinski definition) is 4. The number of anilines is 1. The predicted octanol–water partition coefficient (Wildman–Crippen LogP) is 5.81. The van der Waals surface area contributed by atoms with Gasteiger partial charge in [-0.25, -0.2) is 9.59 Å². The maximum absolute atomic E-state index is 13.5. The number of carbonyl (C=O) groups is 3. The van der Waals surface area contributed by atoms with Gasteiger partial charge >= 0.3 is 12.0 Å². The standard InChI is InChI=1S/C28H35Cl2N3O5/c1-28(2,3)19-8-11-21(12-9-19)33(27(38)32-20-10-13-22(29)23(30)14-20)16-17-4-6-18(7-5-17)25(35)31-15-24(34)26(36)37/h4-7,10,13-14,19,21,24,34H,8-9,11-12,15-16H2,1-3H3,(H,31,35)(H,32,38)(H,36,37)/t19?,21?,24-/m1/s1. The van der Waals surface area contributed by atoms with Crippen molar-refractivity contribution in [1.82, 2.24) is 10.2 Å². The lowest BCUT2D eigenvalue weighted by Gasteiger charge is -2.41. The van der Waals surface area contributed by atoms with Crippen LogP contribution in [-0.2, 0) is 11.3 Å². The summed E-state index contributed by atoms with van der Waals surface area (Å²) in [6.07, 6.45) is 2.18. The van der Waals surface area contributed by atoms with Gasteiger partial charge in [-0.3, -0.25) is 4.79 Å². The summed E-state index contributed by atoms with van der Waals surface area (Å²) in [6.45, 7) is 6.72. The number of aliphatic carboxylic acids is 1. The van der Waals surface area contributed by atoms with E-state index in [1.807, 2.05) is 4.90 Å². The lowest BCUT2D eigenvalue weighted by atomic mass is 9.71. The summed E-state index contributed by atoms with van der Waals surface area (Å²) >= 11 is 12.2. The third-order valence-corrected chi connectivity index (χ3v) is 7.84. The van der Waals surface area contributed by atoms with Crippen LogP contribution in [0.5, 0.6) is 0 Å². The van der Waals surface area contributed by atoms with Crippen LogP contribution in [0.2, 0.25) is 10.0 Å². The highest BCUT2D eigenvalue weighted by Gasteiger charge is 2.33. The van der Waals surface area contributed by atoms with E-state index in [0.29, 0.717) is 33.8 Å². The summed E-state index contributed by atoms with van der Waals surface area (Å²) in [4.78, 5) is 38.4. The normalized spacial score (nSPS) is 18.4. The molecule has 2 aromatic rings. The molecule has 0 bridgehead atoms. The average Bonchev–Trinajstić information content (AvgIpc) is 2.87. The number of halogens is 2. The quantitative estimate of drug-likeness (QED) is 0.323. The Bertz CT molecular complexity index is 1140. The summed E-state index contributed by atoms with van der Waals surface area (Å²) in [5, 5.41) is 24.2. The number of hydrogen-bond acceptors (Lipinski definition) is 4. The molecule has 8 nitrogen and oxygen atoms in total. The van der Waals surface area contributed by atoms with Gasteiger partial charge in [0.1, 0.15) is 0 Å². The number of carbonyl (C=O) groups excluding carboxylic acids is 2. The van der Waals surface area contributed by atoms with E-state index in [1.54, 1.807) is 42.5 Å². The molecule has 0 radical (unpaired) electrons. The highest BCUT2D eigenvalue weighted by atomic mass is 35.5. The molecule has 1 saturated carbocycles. The van der Waals surface area contributed by atoms with E-state index in [1.165, 1.54) is 0 Å². The smallest absolute Gasteiger partial charge is 0.334 e. The van der Waals surface area contributed by atoms with E-state index in [9.17, 15) is 19.5 Å². The molecule has 1 aliphatic rings. The zero-order valence-electron chi connectivity index (χ0n) is 21.8. The molecule has 3 rings (SSSR count). The van der Waals surface area contributed by atoms with Crippen molar-refractivity contribution in [3.05, 3.63) is 63.6 Å². The Morgan fingerprint density at radius 1 is 1.00 bits per heavy atom. The van der Waals surface area contributed by atoms with E-state index < -0.39 is 24.5 Å². The zero-order valence-corrected chi connectivity index (χ0v) is 23.4. The fraction of sp³-hybridized carbons (Fsp3) is 0.464. The van der Waals surface area contributed by atoms with E-state index in [4.69, 9.17) is 28.3 Å². The third kappa shape index (κ3) is 8.09. The highest BCUT2D eigenvalue weighted by molar-refractivity contribution is 6.42. The van der Waals surface area contributed by atoms with Crippen LogP contribution in [0, 0.1) is 11.3 Å². The van der Waals surface area contributed by atoms with Crippen molar-refractivity contribution in [2.45, 2.75) is 65.1 Å². The third-order valence-electron chi connectivity index (χ3n) is 7.10. The van der Waals surface area contributed by atoms with E-state index in [2.05, 4.69) is 31.4 Å². The Morgan fingerprint density at radius 2 is 1.63 bits per heavy atom. The van der Waals surface area contributed by atoms with Crippen LogP contribution in [-0.4, -0.2) is 51.7 Å². The maximum atomic E-state index is 13.5. The lowest BCUT2D eigenvalue weighted by Crippen LogP contribution is -2.45. The molecule has 206 valence electrons. The van der Waals surface area contributed by atoms with Crippen molar-refractivity contribution in [3.8, 4) is 0 Å². The van der Waals surface area contributed by atoms with Crippen molar-refractivity contribution in [2.75, 3.05) is 11.9 Å². The number of aliphatic hydroxyl groups is 1. The molecule has 0 unspecified atom stereocenters. The summed E-state index contributed by atoms with van der Waals surface area (Å²) in [5.74, 6) is -1.31. The van der Waals surface area contributed by atoms with Gasteiger partial charge in [-0.2, -0.15) is 0 Å². The van der Waals surface area contributed by atoms with Crippen molar-refractivity contribution in [2.24, 2.45) is 11.3 Å². The minimum atomic E-state index is -1.67. The molecular formula is C28H35Cl2N3O5. The van der Waals surface area contributed by atoms with Crippen LogP contribution in [0.1, 0.15) is 62.4 Å². The van der Waals surface area contributed by atoms with E-state index in [-0.39, 0.29) is 17.5 Å². The molecule has 38 heavy (non-hydrogen) atoms. The van der Waals surface area contributed by atoms with Crippen molar-refractivity contribution in [3.63, 3.8) is 0 Å². The Morgan fingerprint density at radius 3 is 2.18 bits per heavy atom. The SMILES string of the molecule is CC(C)(C)C1CCC(N(Cc2ccc(C(=O)NC[C@@H](O)C(=O)O)cc2)C(=O)Nc2ccc(Cl)c(Cl)c2)CC1. The largest absolute Gasteiger partial charge is 0.479 e. The Kier molecular flexibility index (Phi) is 10.0. The van der Waals surface area contributed by atoms with Crippen LogP contribution in [0.25, 0.3) is 0 Å². The van der Waals surface area contributed by atoms with Crippen LogP contribution >= 0.6 is 23.2 Å². The maximum Gasteiger partial charge on any atom is 0.334 e. The fourth-order valence-corrected chi connectivity index (χ4v) is 5.02. The number of nitrogens with one attached hydrogen (secondary N) is 2. The highest BCUT2D eigenvalue weighted by Crippen LogP contribution is 2.39. The van der Waals surface area contributed by atoms with Crippen LogP contribution in [0.4, 0.5) is 10.5 Å². The van der Waals surface area contributed by atoms with Crippen molar-refractivity contribution in [1.29, 1.82) is 0 Å². The summed E-state index contributed by atoms with van der Waals surface area (Å²) < 4.78 is 0. The summed E-state index contributed by atoms with van der Waals surface area (Å²) in [6, 6.07) is 11.5. The molecule has 4 N–H and O–H groups in total. The average molecular weight is 565 g/mol. The molecule has 0 aromatic heterocycles. The number of benzene rings is 2. The van der Waals surface area contributed by atoms with Gasteiger partial charge in [0.05, 0.1) is 16.6 Å². The molecule has 1 aliphatic carbocycles. The summed E-state index contributed by atoms with van der Waals surface area (Å²) in [7, 11) is 0. The van der Waals surface area contributed by atoms with Crippen molar-refractivity contribution < 1.29 is 24.6 Å².